The van der Waals surface area contributed by atoms with Gasteiger partial charge in [-0.25, -0.2) is 0 Å². The van der Waals surface area contributed by atoms with E-state index in [-0.39, 0.29) is 5.41 Å². The van der Waals surface area contributed by atoms with Gasteiger partial charge in [0.25, 0.3) is 0 Å². The van der Waals surface area contributed by atoms with Crippen molar-refractivity contribution < 1.29 is 4.52 Å². The van der Waals surface area contributed by atoms with E-state index < -0.39 is 0 Å². The average molecular weight is 256 g/mol. The van der Waals surface area contributed by atoms with E-state index in [4.69, 9.17) is 10.3 Å². The molecule has 0 aliphatic carbocycles. The normalized spacial score (nSPS) is 12.2. The van der Waals surface area contributed by atoms with Crippen LogP contribution in [0.25, 0.3) is 12.2 Å². The number of nitrogens with two attached hydrogens (primary N) is 1. The summed E-state index contributed by atoms with van der Waals surface area (Å²) in [5, 5.41) is 3.90. The molecular weight excluding hydrogens is 236 g/mol. The molecule has 0 atom stereocenters. The first-order valence-corrected chi connectivity index (χ1v) is 6.38. The van der Waals surface area contributed by atoms with Crippen molar-refractivity contribution in [1.82, 2.24) is 5.16 Å². The number of nitrogen functional groups attached to an aromatic ring is 1. The third kappa shape index (κ3) is 3.05. The molecule has 3 heteroatoms. The van der Waals surface area contributed by atoms with Gasteiger partial charge in [-0.1, -0.05) is 56.3 Å². The van der Waals surface area contributed by atoms with Crippen LogP contribution in [-0.4, -0.2) is 5.16 Å². The molecular formula is C16H20N2O. The summed E-state index contributed by atoms with van der Waals surface area (Å²) in [6.07, 6.45) is 3.86. The standard InChI is InChI=1S/C16H20N2O/c1-11-15(17)14(18-19-11)10-7-12-5-8-13(9-6-12)16(2,3)4/h5-10H,17H2,1-4H3. The minimum absolute atomic E-state index is 0.176. The van der Waals surface area contributed by atoms with Crippen molar-refractivity contribution in [2.45, 2.75) is 33.1 Å². The molecule has 0 spiro atoms. The number of hydrogen-bond acceptors (Lipinski definition) is 3. The van der Waals surface area contributed by atoms with Crippen LogP contribution in [0.15, 0.2) is 28.8 Å². The van der Waals surface area contributed by atoms with Crippen LogP contribution in [0.1, 0.15) is 43.4 Å². The van der Waals surface area contributed by atoms with E-state index >= 15 is 0 Å². The summed E-state index contributed by atoms with van der Waals surface area (Å²) in [5.41, 5.74) is 9.73. The number of rotatable bonds is 2. The lowest BCUT2D eigenvalue weighted by Crippen LogP contribution is -2.10. The third-order valence-corrected chi connectivity index (χ3v) is 3.15. The predicted molar refractivity (Wildman–Crippen MR) is 79.7 cm³/mol. The maximum absolute atomic E-state index is 5.84. The van der Waals surface area contributed by atoms with Gasteiger partial charge in [0.15, 0.2) is 5.76 Å². The number of nitrogens with zero attached hydrogens (tertiary/aromatic N) is 1. The summed E-state index contributed by atoms with van der Waals surface area (Å²) in [5.74, 6) is 0.655. The number of benzene rings is 1. The Morgan fingerprint density at radius 2 is 1.74 bits per heavy atom. The number of hydrogen-bond donors (Lipinski definition) is 1. The summed E-state index contributed by atoms with van der Waals surface area (Å²) in [4.78, 5) is 0. The molecule has 0 unspecified atom stereocenters. The zero-order chi connectivity index (χ0) is 14.0. The Hall–Kier alpha value is -2.03. The molecule has 2 rings (SSSR count). The van der Waals surface area contributed by atoms with Gasteiger partial charge in [-0.3, -0.25) is 0 Å². The second-order valence-electron chi connectivity index (χ2n) is 5.74. The van der Waals surface area contributed by atoms with E-state index in [1.807, 2.05) is 12.2 Å². The van der Waals surface area contributed by atoms with Gasteiger partial charge in [-0.15, -0.1) is 0 Å². The van der Waals surface area contributed by atoms with Crippen molar-refractivity contribution in [1.29, 1.82) is 0 Å². The Bertz CT molecular complexity index is 586. The fourth-order valence-electron chi connectivity index (χ4n) is 1.79. The van der Waals surface area contributed by atoms with Crippen molar-refractivity contribution in [2.75, 3.05) is 5.73 Å². The smallest absolute Gasteiger partial charge is 0.157 e. The predicted octanol–water partition coefficient (Wildman–Crippen LogP) is 4.03. The zero-order valence-electron chi connectivity index (χ0n) is 11.9. The molecule has 0 fully saturated rings. The second-order valence-corrected chi connectivity index (χ2v) is 5.74. The van der Waals surface area contributed by atoms with Gasteiger partial charge in [0, 0.05) is 0 Å². The van der Waals surface area contributed by atoms with Gasteiger partial charge in [0.05, 0.1) is 0 Å². The van der Waals surface area contributed by atoms with E-state index in [1.165, 1.54) is 5.56 Å². The van der Waals surface area contributed by atoms with E-state index in [9.17, 15) is 0 Å². The first-order valence-electron chi connectivity index (χ1n) is 6.38. The highest BCUT2D eigenvalue weighted by Gasteiger charge is 2.12. The molecule has 0 amide bonds. The van der Waals surface area contributed by atoms with Crippen LogP contribution in [-0.2, 0) is 5.41 Å². The molecule has 1 aromatic heterocycles. The summed E-state index contributed by atoms with van der Waals surface area (Å²) >= 11 is 0. The van der Waals surface area contributed by atoms with Crippen LogP contribution in [0.2, 0.25) is 0 Å². The highest BCUT2D eigenvalue weighted by molar-refractivity contribution is 5.74. The van der Waals surface area contributed by atoms with Gasteiger partial charge >= 0.3 is 0 Å². The Morgan fingerprint density at radius 3 is 2.21 bits per heavy atom. The van der Waals surface area contributed by atoms with Crippen LogP contribution in [0.3, 0.4) is 0 Å². The van der Waals surface area contributed by atoms with Gasteiger partial charge in [0.1, 0.15) is 11.4 Å². The Labute approximate surface area is 114 Å². The van der Waals surface area contributed by atoms with E-state index in [1.54, 1.807) is 6.92 Å². The van der Waals surface area contributed by atoms with E-state index in [0.717, 1.165) is 5.56 Å². The second kappa shape index (κ2) is 4.92. The summed E-state index contributed by atoms with van der Waals surface area (Å²) in [7, 11) is 0. The summed E-state index contributed by atoms with van der Waals surface area (Å²) < 4.78 is 5.02. The summed E-state index contributed by atoms with van der Waals surface area (Å²) in [6, 6.07) is 8.49. The molecule has 1 aromatic carbocycles. The molecule has 0 saturated heterocycles. The molecule has 0 aliphatic rings. The highest BCUT2D eigenvalue weighted by atomic mass is 16.5. The van der Waals surface area contributed by atoms with E-state index in [2.05, 4.69) is 50.2 Å². The molecule has 0 bridgehead atoms. The Morgan fingerprint density at radius 1 is 1.11 bits per heavy atom. The van der Waals surface area contributed by atoms with Crippen LogP contribution in [0.4, 0.5) is 5.69 Å². The lowest BCUT2D eigenvalue weighted by molar-refractivity contribution is 0.397. The Kier molecular flexibility index (Phi) is 3.47. The van der Waals surface area contributed by atoms with Gasteiger partial charge in [-0.2, -0.15) is 0 Å². The minimum Gasteiger partial charge on any atom is -0.394 e. The number of aromatic nitrogens is 1. The SMILES string of the molecule is Cc1onc(C=Cc2ccc(C(C)(C)C)cc2)c1N. The van der Waals surface area contributed by atoms with Crippen molar-refractivity contribution in [3.8, 4) is 0 Å². The topological polar surface area (TPSA) is 52.0 Å². The molecule has 0 radical (unpaired) electrons. The van der Waals surface area contributed by atoms with Gasteiger partial charge < -0.3 is 10.3 Å². The average Bonchev–Trinajstić information content (AvgIpc) is 2.67. The Balaban J connectivity index is 2.18. The van der Waals surface area contributed by atoms with Crippen LogP contribution in [0, 0.1) is 6.92 Å². The molecule has 100 valence electrons. The molecule has 2 aromatic rings. The first kappa shape index (κ1) is 13.4. The lowest BCUT2D eigenvalue weighted by Gasteiger charge is -2.18. The van der Waals surface area contributed by atoms with Crippen molar-refractivity contribution in [3.05, 3.63) is 46.8 Å². The van der Waals surface area contributed by atoms with Crippen LogP contribution >= 0.6 is 0 Å². The van der Waals surface area contributed by atoms with Crippen LogP contribution in [0.5, 0.6) is 0 Å². The first-order chi connectivity index (χ1) is 8.88. The molecule has 3 nitrogen and oxygen atoms in total. The van der Waals surface area contributed by atoms with Crippen molar-refractivity contribution in [2.24, 2.45) is 0 Å². The molecule has 19 heavy (non-hydrogen) atoms. The highest BCUT2D eigenvalue weighted by Crippen LogP contribution is 2.23. The van der Waals surface area contributed by atoms with Crippen LogP contribution < -0.4 is 5.73 Å². The van der Waals surface area contributed by atoms with E-state index in [0.29, 0.717) is 17.1 Å². The molecule has 0 saturated carbocycles. The third-order valence-electron chi connectivity index (χ3n) is 3.15. The monoisotopic (exact) mass is 256 g/mol. The maximum atomic E-state index is 5.84. The largest absolute Gasteiger partial charge is 0.394 e. The zero-order valence-corrected chi connectivity index (χ0v) is 11.9. The number of aryl methyl sites for hydroxylation is 1. The quantitative estimate of drug-likeness (QED) is 0.882. The van der Waals surface area contributed by atoms with Crippen molar-refractivity contribution in [3.63, 3.8) is 0 Å². The minimum atomic E-state index is 0.176. The fraction of sp³-hybridized carbons (Fsp3) is 0.312. The van der Waals surface area contributed by atoms with Gasteiger partial charge in [0.2, 0.25) is 0 Å². The summed E-state index contributed by atoms with van der Waals surface area (Å²) in [6.45, 7) is 8.42. The van der Waals surface area contributed by atoms with Gasteiger partial charge in [-0.05, 0) is 29.5 Å². The fourth-order valence-corrected chi connectivity index (χ4v) is 1.79. The molecule has 0 aliphatic heterocycles. The molecule has 2 N–H and O–H groups in total. The molecule has 1 heterocycles. The number of anilines is 1. The lowest BCUT2D eigenvalue weighted by atomic mass is 9.87. The van der Waals surface area contributed by atoms with Crippen molar-refractivity contribution >= 4 is 17.8 Å². The maximum Gasteiger partial charge on any atom is 0.157 e.